The van der Waals surface area contributed by atoms with Gasteiger partial charge in [-0.25, -0.2) is 4.68 Å². The number of nitrogens with zero attached hydrogens (tertiary/aromatic N) is 4. The summed E-state index contributed by atoms with van der Waals surface area (Å²) in [5.41, 5.74) is 2.50. The number of hydrogen-bond acceptors (Lipinski definition) is 5. The van der Waals surface area contributed by atoms with Crippen molar-refractivity contribution in [2.45, 2.75) is 18.9 Å². The average molecular weight is 450 g/mol. The highest BCUT2D eigenvalue weighted by molar-refractivity contribution is 6.31. The van der Waals surface area contributed by atoms with Crippen molar-refractivity contribution in [1.82, 2.24) is 24.9 Å². The van der Waals surface area contributed by atoms with Crippen LogP contribution in [0.15, 0.2) is 59.5 Å². The number of amides is 1. The van der Waals surface area contributed by atoms with Gasteiger partial charge in [-0.2, -0.15) is 0 Å². The molecule has 0 saturated carbocycles. The van der Waals surface area contributed by atoms with Crippen molar-refractivity contribution in [3.63, 3.8) is 0 Å². The van der Waals surface area contributed by atoms with Crippen molar-refractivity contribution >= 4 is 28.4 Å². The van der Waals surface area contributed by atoms with Crippen molar-refractivity contribution in [2.75, 3.05) is 13.2 Å². The second kappa shape index (κ2) is 8.22. The van der Waals surface area contributed by atoms with E-state index in [0.717, 1.165) is 18.2 Å². The predicted molar refractivity (Wildman–Crippen MR) is 121 cm³/mol. The minimum absolute atomic E-state index is 0.0222. The molecule has 0 aliphatic carbocycles. The topological polar surface area (TPSA) is 104 Å². The zero-order valence-electron chi connectivity index (χ0n) is 17.0. The summed E-state index contributed by atoms with van der Waals surface area (Å²) in [6, 6.07) is 13.9. The van der Waals surface area contributed by atoms with Crippen molar-refractivity contribution in [3.8, 4) is 16.9 Å². The number of nitrogens with one attached hydrogen (secondary N) is 1. The summed E-state index contributed by atoms with van der Waals surface area (Å²) in [6.07, 6.45) is 3.39. The van der Waals surface area contributed by atoms with Crippen molar-refractivity contribution < 1.29 is 9.90 Å². The quantitative estimate of drug-likeness (QED) is 0.498. The van der Waals surface area contributed by atoms with Gasteiger partial charge < -0.3 is 15.0 Å². The summed E-state index contributed by atoms with van der Waals surface area (Å²) in [7, 11) is 0. The third-order valence-electron chi connectivity index (χ3n) is 5.80. The van der Waals surface area contributed by atoms with Gasteiger partial charge in [0.25, 0.3) is 11.5 Å². The van der Waals surface area contributed by atoms with Crippen LogP contribution in [0, 0.1) is 0 Å². The van der Waals surface area contributed by atoms with Crippen LogP contribution in [-0.2, 0) is 0 Å². The van der Waals surface area contributed by atoms with E-state index in [2.05, 4.69) is 15.3 Å². The van der Waals surface area contributed by atoms with Gasteiger partial charge >= 0.3 is 0 Å². The van der Waals surface area contributed by atoms with E-state index >= 15 is 0 Å². The summed E-state index contributed by atoms with van der Waals surface area (Å²) in [5.74, 6) is -0.0891. The molecular formula is C23H20ClN5O3. The lowest BCUT2D eigenvalue weighted by atomic mass is 10.1. The Hall–Kier alpha value is -3.49. The Labute approximate surface area is 188 Å². The number of aliphatic hydroxyl groups excluding tert-OH is 1. The highest BCUT2D eigenvalue weighted by Gasteiger charge is 2.28. The lowest BCUT2D eigenvalue weighted by Crippen LogP contribution is -2.37. The van der Waals surface area contributed by atoms with E-state index in [9.17, 15) is 14.7 Å². The first-order valence-corrected chi connectivity index (χ1v) is 10.7. The maximum absolute atomic E-state index is 12.8. The van der Waals surface area contributed by atoms with Crippen LogP contribution in [0.3, 0.4) is 0 Å². The number of fused-ring (bicyclic) bond motifs is 1. The van der Waals surface area contributed by atoms with Gasteiger partial charge in [0.1, 0.15) is 5.69 Å². The zero-order chi connectivity index (χ0) is 22.2. The Balaban J connectivity index is 1.41. The molecule has 0 bridgehead atoms. The first-order valence-electron chi connectivity index (χ1n) is 10.3. The first kappa shape index (κ1) is 20.4. The molecule has 3 heterocycles. The van der Waals surface area contributed by atoms with E-state index in [1.165, 1.54) is 0 Å². The molecule has 4 aromatic rings. The molecule has 1 saturated heterocycles. The van der Waals surface area contributed by atoms with E-state index in [-0.39, 0.29) is 24.1 Å². The lowest BCUT2D eigenvalue weighted by molar-refractivity contribution is 0.0677. The molecule has 162 valence electrons. The van der Waals surface area contributed by atoms with Gasteiger partial charge in [0.05, 0.1) is 30.1 Å². The van der Waals surface area contributed by atoms with Gasteiger partial charge in [-0.15, -0.1) is 5.10 Å². The van der Waals surface area contributed by atoms with E-state index in [1.54, 1.807) is 64.3 Å². The number of H-pyrrole nitrogens is 1. The Kier molecular flexibility index (Phi) is 5.24. The molecule has 5 rings (SSSR count). The molecule has 1 aliphatic heterocycles. The number of rotatable bonds is 4. The molecule has 0 spiro atoms. The Morgan fingerprint density at radius 2 is 2.00 bits per heavy atom. The molecule has 2 aromatic carbocycles. The number of carbonyl (C=O) groups excluding carboxylic acids is 1. The number of benzene rings is 2. The summed E-state index contributed by atoms with van der Waals surface area (Å²) < 4.78 is 1.55. The fraction of sp³-hybridized carbons (Fsp3) is 0.217. The number of hydrogen-bond donors (Lipinski definition) is 2. The van der Waals surface area contributed by atoms with Gasteiger partial charge in [0.15, 0.2) is 0 Å². The molecule has 1 amide bonds. The third-order valence-corrected chi connectivity index (χ3v) is 6.04. The number of aliphatic hydroxyl groups is 1. The molecule has 2 aromatic heterocycles. The van der Waals surface area contributed by atoms with Crippen LogP contribution < -0.4 is 5.56 Å². The van der Waals surface area contributed by atoms with E-state index in [1.807, 2.05) is 0 Å². The van der Waals surface area contributed by atoms with E-state index in [0.29, 0.717) is 39.6 Å². The molecular weight excluding hydrogens is 430 g/mol. The van der Waals surface area contributed by atoms with Gasteiger partial charge in [-0.05, 0) is 61.4 Å². The maximum atomic E-state index is 12.8. The monoisotopic (exact) mass is 449 g/mol. The standard InChI is InChI=1S/C23H20ClN5O3/c24-16-5-8-20-15(10-16)11-19(22(31)25-20)21-12-29(27-26-21)17-6-3-14(4-7-17)23(32)28-9-1-2-18(28)13-30/h3-8,10-12,18,30H,1-2,9,13H2,(H,25,31). The molecule has 1 aliphatic rings. The number of carbonyl (C=O) groups is 1. The Bertz CT molecular complexity index is 1360. The number of likely N-dealkylation sites (tertiary alicyclic amines) is 1. The molecule has 1 unspecified atom stereocenters. The van der Waals surface area contributed by atoms with Gasteiger partial charge in [0.2, 0.25) is 0 Å². The van der Waals surface area contributed by atoms with Crippen molar-refractivity contribution in [3.05, 3.63) is 75.7 Å². The van der Waals surface area contributed by atoms with Crippen LogP contribution in [0.4, 0.5) is 0 Å². The van der Waals surface area contributed by atoms with Gasteiger partial charge in [-0.3, -0.25) is 9.59 Å². The molecule has 1 atom stereocenters. The van der Waals surface area contributed by atoms with Crippen LogP contribution in [-0.4, -0.2) is 55.1 Å². The largest absolute Gasteiger partial charge is 0.394 e. The maximum Gasteiger partial charge on any atom is 0.258 e. The van der Waals surface area contributed by atoms with Crippen molar-refractivity contribution in [2.24, 2.45) is 0 Å². The normalized spacial score (nSPS) is 16.1. The smallest absolute Gasteiger partial charge is 0.258 e. The Morgan fingerprint density at radius 3 is 2.78 bits per heavy atom. The average Bonchev–Trinajstić information content (AvgIpc) is 3.48. The predicted octanol–water partition coefficient (Wildman–Crippen LogP) is 3.03. The first-order chi connectivity index (χ1) is 15.5. The lowest BCUT2D eigenvalue weighted by Gasteiger charge is -2.23. The molecule has 9 heteroatoms. The zero-order valence-corrected chi connectivity index (χ0v) is 17.8. The molecule has 32 heavy (non-hydrogen) atoms. The number of aromatic amines is 1. The summed E-state index contributed by atoms with van der Waals surface area (Å²) in [5, 5.41) is 19.1. The minimum atomic E-state index is -0.267. The third kappa shape index (κ3) is 3.68. The summed E-state index contributed by atoms with van der Waals surface area (Å²) >= 11 is 6.07. The van der Waals surface area contributed by atoms with E-state index in [4.69, 9.17) is 11.6 Å². The summed E-state index contributed by atoms with van der Waals surface area (Å²) in [4.78, 5) is 29.8. The Morgan fingerprint density at radius 1 is 1.19 bits per heavy atom. The highest BCUT2D eigenvalue weighted by atomic mass is 35.5. The second-order valence-corrected chi connectivity index (χ2v) is 8.25. The van der Waals surface area contributed by atoms with Crippen LogP contribution in [0.2, 0.25) is 5.02 Å². The van der Waals surface area contributed by atoms with E-state index < -0.39 is 0 Å². The molecule has 1 fully saturated rings. The number of aromatic nitrogens is 4. The van der Waals surface area contributed by atoms with Crippen molar-refractivity contribution in [1.29, 1.82) is 0 Å². The van der Waals surface area contributed by atoms with Crippen LogP contribution in [0.5, 0.6) is 0 Å². The fourth-order valence-corrected chi connectivity index (χ4v) is 4.28. The second-order valence-electron chi connectivity index (χ2n) is 7.82. The molecule has 8 nitrogen and oxygen atoms in total. The van der Waals surface area contributed by atoms with Crippen LogP contribution >= 0.6 is 11.6 Å². The number of halogens is 1. The summed E-state index contributed by atoms with van der Waals surface area (Å²) in [6.45, 7) is 0.634. The van der Waals surface area contributed by atoms with Crippen LogP contribution in [0.25, 0.3) is 27.8 Å². The molecule has 2 N–H and O–H groups in total. The van der Waals surface area contributed by atoms with Crippen LogP contribution in [0.1, 0.15) is 23.2 Å². The minimum Gasteiger partial charge on any atom is -0.394 e. The van der Waals surface area contributed by atoms with Gasteiger partial charge in [0, 0.05) is 28.0 Å². The van der Waals surface area contributed by atoms with Gasteiger partial charge in [-0.1, -0.05) is 16.8 Å². The highest BCUT2D eigenvalue weighted by Crippen LogP contribution is 2.23. The fourth-order valence-electron chi connectivity index (χ4n) is 4.10. The number of pyridine rings is 1. The SMILES string of the molecule is O=C(c1ccc(-n2cc(-c3cc4cc(Cl)ccc4[nH]c3=O)nn2)cc1)N1CCCC1CO. The molecule has 0 radical (unpaired) electrons.